The van der Waals surface area contributed by atoms with Crippen molar-refractivity contribution in [3.63, 3.8) is 0 Å². The van der Waals surface area contributed by atoms with E-state index in [1.54, 1.807) is 32.5 Å². The molecule has 0 amide bonds. The van der Waals surface area contributed by atoms with Crippen molar-refractivity contribution in [2.24, 2.45) is 5.10 Å². The molecule has 1 atom stereocenters. The SMILES string of the molecule is COC1=CC2=C(Oc3cccc(OC)c3)C=CN(N=C=S)C2C=C1OC. The Morgan fingerprint density at radius 2 is 1.85 bits per heavy atom. The van der Waals surface area contributed by atoms with Gasteiger partial charge in [-0.2, -0.15) is 0 Å². The highest BCUT2D eigenvalue weighted by Crippen LogP contribution is 2.34. The van der Waals surface area contributed by atoms with Gasteiger partial charge in [0.2, 0.25) is 0 Å². The summed E-state index contributed by atoms with van der Waals surface area (Å²) in [5.41, 5.74) is 0.863. The van der Waals surface area contributed by atoms with Gasteiger partial charge in [-0.25, -0.2) is 0 Å². The molecule has 0 spiro atoms. The zero-order chi connectivity index (χ0) is 18.5. The number of methoxy groups -OCH3 is 3. The molecule has 0 fully saturated rings. The number of ether oxygens (including phenoxy) is 4. The van der Waals surface area contributed by atoms with E-state index in [2.05, 4.69) is 10.3 Å². The van der Waals surface area contributed by atoms with E-state index in [0.29, 0.717) is 23.0 Å². The van der Waals surface area contributed by atoms with E-state index in [-0.39, 0.29) is 6.04 Å². The van der Waals surface area contributed by atoms with Crippen molar-refractivity contribution in [1.82, 2.24) is 5.01 Å². The normalized spacial score (nSPS) is 18.3. The molecule has 134 valence electrons. The maximum Gasteiger partial charge on any atom is 0.160 e. The van der Waals surface area contributed by atoms with E-state index in [0.717, 1.165) is 11.3 Å². The summed E-state index contributed by atoms with van der Waals surface area (Å²) in [6.45, 7) is 0. The Morgan fingerprint density at radius 3 is 2.54 bits per heavy atom. The second-order valence-electron chi connectivity index (χ2n) is 5.38. The quantitative estimate of drug-likeness (QED) is 0.563. The lowest BCUT2D eigenvalue weighted by molar-refractivity contribution is 0.210. The number of fused-ring (bicyclic) bond motifs is 1. The second-order valence-corrected chi connectivity index (χ2v) is 5.56. The summed E-state index contributed by atoms with van der Waals surface area (Å²) < 4.78 is 22.2. The Bertz CT molecular complexity index is 866. The monoisotopic (exact) mass is 370 g/mol. The van der Waals surface area contributed by atoms with Crippen molar-refractivity contribution >= 4 is 17.4 Å². The van der Waals surface area contributed by atoms with Gasteiger partial charge >= 0.3 is 0 Å². The molecule has 0 bridgehead atoms. The lowest BCUT2D eigenvalue weighted by atomic mass is 9.96. The fraction of sp³-hybridized carbons (Fsp3) is 0.211. The number of hydrogen-bond donors (Lipinski definition) is 0. The molecule has 1 aliphatic heterocycles. The Kier molecular flexibility index (Phi) is 5.41. The topological polar surface area (TPSA) is 52.5 Å². The molecule has 0 radical (unpaired) electrons. The molecule has 7 heteroatoms. The number of hydrogen-bond acceptors (Lipinski definition) is 7. The smallest absolute Gasteiger partial charge is 0.160 e. The summed E-state index contributed by atoms with van der Waals surface area (Å²) in [7, 11) is 4.80. The molecule has 3 rings (SSSR count). The first-order valence-corrected chi connectivity index (χ1v) is 8.23. The van der Waals surface area contributed by atoms with Crippen LogP contribution in [0.15, 0.2) is 76.6 Å². The average Bonchev–Trinajstić information content (AvgIpc) is 2.69. The first-order chi connectivity index (χ1) is 12.7. The fourth-order valence-corrected chi connectivity index (χ4v) is 2.83. The number of allylic oxidation sites excluding steroid dienone is 1. The van der Waals surface area contributed by atoms with Gasteiger partial charge in [0, 0.05) is 17.8 Å². The molecule has 1 aromatic carbocycles. The van der Waals surface area contributed by atoms with Crippen LogP contribution in [0.2, 0.25) is 0 Å². The van der Waals surface area contributed by atoms with E-state index in [1.165, 1.54) is 0 Å². The van der Waals surface area contributed by atoms with Crippen LogP contribution in [0.25, 0.3) is 0 Å². The molecule has 1 aliphatic carbocycles. The minimum absolute atomic E-state index is 0.245. The highest BCUT2D eigenvalue weighted by molar-refractivity contribution is 7.78. The van der Waals surface area contributed by atoms with Crippen LogP contribution in [-0.2, 0) is 9.47 Å². The second kappa shape index (κ2) is 7.91. The molecule has 0 aromatic heterocycles. The Labute approximate surface area is 157 Å². The molecule has 1 heterocycles. The van der Waals surface area contributed by atoms with Crippen LogP contribution in [0, 0.1) is 0 Å². The molecule has 26 heavy (non-hydrogen) atoms. The predicted molar refractivity (Wildman–Crippen MR) is 101 cm³/mol. The molecule has 1 aromatic rings. The number of isothiocyanates is 1. The number of nitrogens with zero attached hydrogens (tertiary/aromatic N) is 2. The maximum atomic E-state index is 6.08. The summed E-state index contributed by atoms with van der Waals surface area (Å²) in [5.74, 6) is 3.26. The highest BCUT2D eigenvalue weighted by atomic mass is 32.1. The van der Waals surface area contributed by atoms with Crippen molar-refractivity contribution in [3.05, 3.63) is 71.5 Å². The molecule has 2 aliphatic rings. The average molecular weight is 370 g/mol. The zero-order valence-corrected chi connectivity index (χ0v) is 15.4. The van der Waals surface area contributed by atoms with Gasteiger partial charge in [-0.15, -0.1) is 5.10 Å². The van der Waals surface area contributed by atoms with Crippen molar-refractivity contribution in [2.75, 3.05) is 21.3 Å². The molecule has 6 nitrogen and oxygen atoms in total. The number of rotatable bonds is 6. The highest BCUT2D eigenvalue weighted by Gasteiger charge is 2.30. The molecule has 0 N–H and O–H groups in total. The minimum Gasteiger partial charge on any atom is -0.497 e. The first-order valence-electron chi connectivity index (χ1n) is 7.82. The molecular formula is C19H18N2O4S. The number of thiocarbonyl (C=S) groups is 1. The third kappa shape index (κ3) is 3.49. The Morgan fingerprint density at radius 1 is 1.08 bits per heavy atom. The maximum absolute atomic E-state index is 6.08. The van der Waals surface area contributed by atoms with Crippen molar-refractivity contribution < 1.29 is 18.9 Å². The van der Waals surface area contributed by atoms with Crippen LogP contribution in [0.1, 0.15) is 0 Å². The van der Waals surface area contributed by atoms with Crippen molar-refractivity contribution in [2.45, 2.75) is 6.04 Å². The van der Waals surface area contributed by atoms with Gasteiger partial charge < -0.3 is 18.9 Å². The predicted octanol–water partition coefficient (Wildman–Crippen LogP) is 3.62. The largest absolute Gasteiger partial charge is 0.497 e. The van der Waals surface area contributed by atoms with E-state index < -0.39 is 0 Å². The van der Waals surface area contributed by atoms with E-state index in [1.807, 2.05) is 42.5 Å². The lowest BCUT2D eigenvalue weighted by Crippen LogP contribution is -2.32. The molecule has 1 unspecified atom stereocenters. The summed E-state index contributed by atoms with van der Waals surface area (Å²) in [6, 6.07) is 7.16. The van der Waals surface area contributed by atoms with Crippen LogP contribution in [0.3, 0.4) is 0 Å². The molecule has 0 saturated carbocycles. The van der Waals surface area contributed by atoms with Gasteiger partial charge in [0.1, 0.15) is 23.3 Å². The van der Waals surface area contributed by atoms with Gasteiger partial charge in [0.05, 0.1) is 26.5 Å². The summed E-state index contributed by atoms with van der Waals surface area (Å²) in [5, 5.41) is 8.16. The van der Waals surface area contributed by atoms with Gasteiger partial charge in [0.15, 0.2) is 11.5 Å². The molecule has 0 saturated heterocycles. The van der Waals surface area contributed by atoms with Gasteiger partial charge in [-0.05, 0) is 42.6 Å². The fourth-order valence-electron chi connectivity index (χ4n) is 2.74. The lowest BCUT2D eigenvalue weighted by Gasteiger charge is -2.32. The first kappa shape index (κ1) is 17.8. The van der Waals surface area contributed by atoms with Gasteiger partial charge in [-0.1, -0.05) is 6.07 Å². The van der Waals surface area contributed by atoms with Crippen molar-refractivity contribution in [1.29, 1.82) is 0 Å². The third-order valence-electron chi connectivity index (χ3n) is 3.97. The summed E-state index contributed by atoms with van der Waals surface area (Å²) in [6.07, 6.45) is 7.35. The minimum atomic E-state index is -0.245. The Balaban J connectivity index is 2.03. The van der Waals surface area contributed by atoms with Crippen LogP contribution >= 0.6 is 12.2 Å². The standard InChI is InChI=1S/C19H18N2O4S/c1-22-13-5-4-6-14(9-13)25-17-7-8-21(20-12-26)16-11-19(24-3)18(23-2)10-15(16)17/h4-11,16H,1-3H3. The van der Waals surface area contributed by atoms with Crippen LogP contribution in [0.5, 0.6) is 11.5 Å². The van der Waals surface area contributed by atoms with Crippen LogP contribution < -0.4 is 9.47 Å². The third-order valence-corrected chi connectivity index (χ3v) is 4.05. The summed E-state index contributed by atoms with van der Waals surface area (Å²) in [4.78, 5) is 0. The van der Waals surface area contributed by atoms with Gasteiger partial charge in [0.25, 0.3) is 0 Å². The van der Waals surface area contributed by atoms with Crippen molar-refractivity contribution in [3.8, 4) is 11.5 Å². The van der Waals surface area contributed by atoms with Crippen LogP contribution in [-0.4, -0.2) is 37.5 Å². The van der Waals surface area contributed by atoms with Crippen LogP contribution in [0.4, 0.5) is 0 Å². The molecular weight excluding hydrogens is 352 g/mol. The van der Waals surface area contributed by atoms with Gasteiger partial charge in [-0.3, -0.25) is 5.01 Å². The van der Waals surface area contributed by atoms with E-state index >= 15 is 0 Å². The van der Waals surface area contributed by atoms with E-state index in [4.69, 9.17) is 31.2 Å². The van der Waals surface area contributed by atoms with E-state index in [9.17, 15) is 0 Å². The zero-order valence-electron chi connectivity index (χ0n) is 14.6. The Hall–Kier alpha value is -3.02. The number of hydrazone groups is 1. The summed E-state index contributed by atoms with van der Waals surface area (Å²) >= 11 is 4.75. The number of benzene rings is 1.